The molecule has 1 rings (SSSR count). The molecule has 0 aliphatic rings. The predicted octanol–water partition coefficient (Wildman–Crippen LogP) is 5.18. The molecule has 3 heteroatoms. The molecule has 0 radical (unpaired) electrons. The van der Waals surface area contributed by atoms with Crippen LogP contribution in [0, 0.1) is 17.2 Å². The Balaban J connectivity index is 2.88. The van der Waals surface area contributed by atoms with Gasteiger partial charge in [0.15, 0.2) is 0 Å². The van der Waals surface area contributed by atoms with Crippen LogP contribution in [0.1, 0.15) is 47.1 Å². The summed E-state index contributed by atoms with van der Waals surface area (Å²) in [6, 6.07) is 5.32. The minimum absolute atomic E-state index is 0.111. The first kappa shape index (κ1) is 17.6. The topological polar surface area (TPSA) is 12.0 Å². The molecular formula is C17H27BrFN. The Kier molecular flexibility index (Phi) is 5.79. The summed E-state index contributed by atoms with van der Waals surface area (Å²) in [6.45, 7) is 14.3. The van der Waals surface area contributed by atoms with Crippen molar-refractivity contribution >= 4 is 15.9 Å². The Labute approximate surface area is 131 Å². The van der Waals surface area contributed by atoms with E-state index in [1.54, 1.807) is 0 Å². The normalized spacial score (nSPS) is 15.4. The molecule has 0 fully saturated rings. The molecule has 0 aliphatic carbocycles. The second kappa shape index (κ2) is 6.57. The standard InChI is InChI=1S/C17H27BrFN/c1-12(2)17(6,11-20-16(3,4)5)10-13-7-8-15(19)14(18)9-13/h7-9,12,20H,10-11H2,1-6H3. The highest BCUT2D eigenvalue weighted by molar-refractivity contribution is 9.10. The van der Waals surface area contributed by atoms with Gasteiger partial charge in [-0.1, -0.05) is 26.8 Å². The fourth-order valence-corrected chi connectivity index (χ4v) is 2.48. The first-order valence-corrected chi connectivity index (χ1v) is 8.02. The second-order valence-electron chi connectivity index (χ2n) is 7.34. The van der Waals surface area contributed by atoms with Crippen LogP contribution >= 0.6 is 15.9 Å². The third kappa shape index (κ3) is 5.17. The highest BCUT2D eigenvalue weighted by Crippen LogP contribution is 2.32. The van der Waals surface area contributed by atoms with Gasteiger partial charge in [0.05, 0.1) is 4.47 Å². The fraction of sp³-hybridized carbons (Fsp3) is 0.647. The van der Waals surface area contributed by atoms with E-state index in [0.29, 0.717) is 10.4 Å². The third-order valence-corrected chi connectivity index (χ3v) is 4.62. The van der Waals surface area contributed by atoms with E-state index in [2.05, 4.69) is 62.8 Å². The number of benzene rings is 1. The molecule has 1 nitrogen and oxygen atoms in total. The van der Waals surface area contributed by atoms with Crippen molar-refractivity contribution in [2.75, 3.05) is 6.54 Å². The third-order valence-electron chi connectivity index (χ3n) is 4.01. The lowest BCUT2D eigenvalue weighted by Crippen LogP contribution is -2.45. The van der Waals surface area contributed by atoms with Gasteiger partial charge >= 0.3 is 0 Å². The fourth-order valence-electron chi connectivity index (χ4n) is 2.05. The van der Waals surface area contributed by atoms with Crippen LogP contribution in [0.25, 0.3) is 0 Å². The summed E-state index contributed by atoms with van der Waals surface area (Å²) in [5.74, 6) is 0.342. The quantitative estimate of drug-likeness (QED) is 0.776. The number of hydrogen-bond acceptors (Lipinski definition) is 1. The number of halogens is 2. The highest BCUT2D eigenvalue weighted by Gasteiger charge is 2.30. The van der Waals surface area contributed by atoms with Crippen molar-refractivity contribution in [1.29, 1.82) is 0 Å². The summed E-state index contributed by atoms with van der Waals surface area (Å²) in [6.07, 6.45) is 0.937. The number of rotatable bonds is 5. The number of nitrogens with one attached hydrogen (secondary N) is 1. The molecule has 0 spiro atoms. The van der Waals surface area contributed by atoms with E-state index in [-0.39, 0.29) is 16.8 Å². The van der Waals surface area contributed by atoms with Gasteiger partial charge in [0.1, 0.15) is 5.82 Å². The molecule has 114 valence electrons. The van der Waals surface area contributed by atoms with E-state index in [0.717, 1.165) is 13.0 Å². The van der Waals surface area contributed by atoms with Gasteiger partial charge in [-0.2, -0.15) is 0 Å². The number of hydrogen-bond donors (Lipinski definition) is 1. The minimum atomic E-state index is -0.201. The molecule has 0 saturated carbocycles. The van der Waals surface area contributed by atoms with Gasteiger partial charge in [0.2, 0.25) is 0 Å². The Morgan fingerprint density at radius 2 is 1.80 bits per heavy atom. The molecule has 1 unspecified atom stereocenters. The molecule has 1 aromatic rings. The van der Waals surface area contributed by atoms with Crippen LogP contribution in [0.3, 0.4) is 0 Å². The van der Waals surface area contributed by atoms with Crippen molar-refractivity contribution < 1.29 is 4.39 Å². The Morgan fingerprint density at radius 1 is 1.20 bits per heavy atom. The largest absolute Gasteiger partial charge is 0.312 e. The van der Waals surface area contributed by atoms with Gasteiger partial charge in [-0.05, 0) is 72.2 Å². The first-order chi connectivity index (χ1) is 9.03. The van der Waals surface area contributed by atoms with Crippen molar-refractivity contribution in [1.82, 2.24) is 5.32 Å². The maximum atomic E-state index is 13.3. The summed E-state index contributed by atoms with van der Waals surface area (Å²) >= 11 is 3.27. The molecule has 0 bridgehead atoms. The molecule has 1 aromatic carbocycles. The zero-order valence-electron chi connectivity index (χ0n) is 13.5. The maximum absolute atomic E-state index is 13.3. The summed E-state index contributed by atoms with van der Waals surface area (Å²) < 4.78 is 13.9. The summed E-state index contributed by atoms with van der Waals surface area (Å²) in [5.41, 5.74) is 1.43. The van der Waals surface area contributed by atoms with Crippen LogP contribution < -0.4 is 5.32 Å². The Hall–Kier alpha value is -0.410. The van der Waals surface area contributed by atoms with Crippen LogP contribution in [-0.4, -0.2) is 12.1 Å². The van der Waals surface area contributed by atoms with Gasteiger partial charge in [-0.3, -0.25) is 0 Å². The van der Waals surface area contributed by atoms with Crippen LogP contribution in [0.5, 0.6) is 0 Å². The lowest BCUT2D eigenvalue weighted by atomic mass is 9.74. The van der Waals surface area contributed by atoms with E-state index < -0.39 is 0 Å². The van der Waals surface area contributed by atoms with E-state index in [4.69, 9.17) is 0 Å². The molecular weight excluding hydrogens is 317 g/mol. The zero-order valence-corrected chi connectivity index (χ0v) is 15.1. The van der Waals surface area contributed by atoms with Crippen molar-refractivity contribution in [3.63, 3.8) is 0 Å². The Bertz CT molecular complexity index is 451. The monoisotopic (exact) mass is 343 g/mol. The van der Waals surface area contributed by atoms with Crippen LogP contribution in [0.4, 0.5) is 4.39 Å². The summed E-state index contributed by atoms with van der Waals surface area (Å²) in [5, 5.41) is 3.60. The van der Waals surface area contributed by atoms with Crippen molar-refractivity contribution in [3.05, 3.63) is 34.1 Å². The molecule has 0 aliphatic heterocycles. The molecule has 0 aromatic heterocycles. The average molecular weight is 344 g/mol. The lowest BCUT2D eigenvalue weighted by Gasteiger charge is -2.37. The zero-order chi connectivity index (χ0) is 15.6. The molecule has 0 saturated heterocycles. The van der Waals surface area contributed by atoms with Crippen molar-refractivity contribution in [3.8, 4) is 0 Å². The van der Waals surface area contributed by atoms with E-state index in [1.807, 2.05) is 12.1 Å². The van der Waals surface area contributed by atoms with E-state index >= 15 is 0 Å². The molecule has 1 N–H and O–H groups in total. The van der Waals surface area contributed by atoms with Crippen LogP contribution in [-0.2, 0) is 6.42 Å². The summed E-state index contributed by atoms with van der Waals surface area (Å²) in [7, 11) is 0. The van der Waals surface area contributed by atoms with Gasteiger partial charge in [-0.25, -0.2) is 4.39 Å². The Morgan fingerprint density at radius 3 is 2.25 bits per heavy atom. The smallest absolute Gasteiger partial charge is 0.137 e. The summed E-state index contributed by atoms with van der Waals surface area (Å²) in [4.78, 5) is 0. The SMILES string of the molecule is CC(C)C(C)(CNC(C)(C)C)Cc1ccc(F)c(Br)c1. The van der Waals surface area contributed by atoms with E-state index in [9.17, 15) is 4.39 Å². The second-order valence-corrected chi connectivity index (χ2v) is 8.19. The van der Waals surface area contributed by atoms with Gasteiger partial charge < -0.3 is 5.32 Å². The van der Waals surface area contributed by atoms with E-state index in [1.165, 1.54) is 11.6 Å². The molecule has 1 atom stereocenters. The maximum Gasteiger partial charge on any atom is 0.137 e. The lowest BCUT2D eigenvalue weighted by molar-refractivity contribution is 0.188. The van der Waals surface area contributed by atoms with Gasteiger partial charge in [-0.15, -0.1) is 0 Å². The average Bonchev–Trinajstić information content (AvgIpc) is 2.30. The van der Waals surface area contributed by atoms with Crippen LogP contribution in [0.2, 0.25) is 0 Å². The van der Waals surface area contributed by atoms with Gasteiger partial charge in [0.25, 0.3) is 0 Å². The highest BCUT2D eigenvalue weighted by atomic mass is 79.9. The van der Waals surface area contributed by atoms with Crippen LogP contribution in [0.15, 0.2) is 22.7 Å². The first-order valence-electron chi connectivity index (χ1n) is 7.22. The van der Waals surface area contributed by atoms with Crippen molar-refractivity contribution in [2.45, 2.75) is 53.5 Å². The minimum Gasteiger partial charge on any atom is -0.312 e. The molecule has 0 amide bonds. The van der Waals surface area contributed by atoms with Crippen molar-refractivity contribution in [2.24, 2.45) is 11.3 Å². The predicted molar refractivity (Wildman–Crippen MR) is 88.5 cm³/mol. The van der Waals surface area contributed by atoms with Gasteiger partial charge in [0, 0.05) is 12.1 Å². The molecule has 20 heavy (non-hydrogen) atoms. The molecule has 0 heterocycles.